The Morgan fingerprint density at radius 3 is 2.07 bits per heavy atom. The molecule has 1 aliphatic rings. The molecule has 0 radical (unpaired) electrons. The first-order chi connectivity index (χ1) is 7.02. The van der Waals surface area contributed by atoms with Crippen LogP contribution in [-0.2, 0) is 4.79 Å². The molecule has 1 aliphatic carbocycles. The Labute approximate surface area is 94.5 Å². The maximum absolute atomic E-state index is 11.5. The molecule has 5 heteroatoms. The van der Waals surface area contributed by atoms with Crippen molar-refractivity contribution in [1.29, 1.82) is 0 Å². The summed E-state index contributed by atoms with van der Waals surface area (Å²) in [5.74, 6) is 0.0202. The first kappa shape index (κ1) is 12.1. The molecule has 3 nitrogen and oxygen atoms in total. The smallest absolute Gasteiger partial charge is 0.205 e. The van der Waals surface area contributed by atoms with Crippen LogP contribution in [0.15, 0.2) is 29.4 Å². The lowest BCUT2D eigenvalue weighted by atomic mass is 10.1. The number of carbonyl (C=O) groups excluding carboxylic acids is 1. The predicted octanol–water partition coefficient (Wildman–Crippen LogP) is 1.31. The van der Waals surface area contributed by atoms with Gasteiger partial charge in [-0.1, -0.05) is 38.3 Å². The van der Waals surface area contributed by atoms with Crippen molar-refractivity contribution in [3.63, 3.8) is 0 Å². The van der Waals surface area contributed by atoms with Crippen molar-refractivity contribution in [1.82, 2.24) is 4.34 Å². The summed E-state index contributed by atoms with van der Waals surface area (Å²) in [6.45, 7) is 8.96. The molecule has 82 valence electrons. The van der Waals surface area contributed by atoms with Gasteiger partial charge in [-0.15, -0.1) is 0 Å². The van der Waals surface area contributed by atoms with Crippen LogP contribution in [0.3, 0.4) is 0 Å². The monoisotopic (exact) mass is 238 g/mol. The van der Waals surface area contributed by atoms with Crippen molar-refractivity contribution < 1.29 is 4.79 Å². The van der Waals surface area contributed by atoms with Gasteiger partial charge in [0, 0.05) is 0 Å². The third-order valence-corrected chi connectivity index (χ3v) is 8.07. The molecule has 0 saturated carbocycles. The lowest BCUT2D eigenvalue weighted by molar-refractivity contribution is -0.108. The Hall–Kier alpha value is -0.946. The van der Waals surface area contributed by atoms with Crippen molar-refractivity contribution in [3.8, 4) is 0 Å². The number of carbonyl (C=O) groups is 1. The van der Waals surface area contributed by atoms with E-state index in [1.54, 1.807) is 18.2 Å². The molecule has 0 aromatic rings. The zero-order valence-electron chi connectivity index (χ0n) is 9.77. The van der Waals surface area contributed by atoms with Gasteiger partial charge in [0.2, 0.25) is 5.78 Å². The molecule has 0 bridgehead atoms. The molecule has 15 heavy (non-hydrogen) atoms. The van der Waals surface area contributed by atoms with Crippen LogP contribution in [0.1, 0.15) is 0 Å². The first-order valence-electron chi connectivity index (χ1n) is 5.28. The number of hydrogen-bond acceptors (Lipinski definition) is 3. The lowest BCUT2D eigenvalue weighted by Crippen LogP contribution is -2.40. The molecule has 0 N–H and O–H groups in total. The Balaban J connectivity index is 2.88. The van der Waals surface area contributed by atoms with Crippen molar-refractivity contribution >= 4 is 29.4 Å². The summed E-state index contributed by atoms with van der Waals surface area (Å²) in [7, 11) is -1.89. The highest BCUT2D eigenvalue weighted by Gasteiger charge is 2.16. The minimum absolute atomic E-state index is 0.0202. The van der Waals surface area contributed by atoms with Gasteiger partial charge in [0.25, 0.3) is 0 Å². The van der Waals surface area contributed by atoms with Gasteiger partial charge in [0.15, 0.2) is 0 Å². The van der Waals surface area contributed by atoms with E-state index in [1.165, 1.54) is 0 Å². The van der Waals surface area contributed by atoms with E-state index in [-0.39, 0.29) is 5.78 Å². The quantitative estimate of drug-likeness (QED) is 0.422. The summed E-state index contributed by atoms with van der Waals surface area (Å²) >= 11 is 0. The van der Waals surface area contributed by atoms with Gasteiger partial charge in [-0.3, -0.25) is 4.79 Å². The molecule has 0 heterocycles. The van der Waals surface area contributed by atoms with E-state index in [9.17, 15) is 4.79 Å². The molecule has 0 atom stereocenters. The van der Waals surface area contributed by atoms with Gasteiger partial charge in [0.1, 0.15) is 23.6 Å². The summed E-state index contributed by atoms with van der Waals surface area (Å²) in [6, 6.07) is 0. The summed E-state index contributed by atoms with van der Waals surface area (Å²) in [5, 5.41) is 4.50. The molecule has 0 amide bonds. The second kappa shape index (κ2) is 5.22. The normalized spacial score (nSPS) is 18.3. The molecule has 1 rings (SSSR count). The third-order valence-electron chi connectivity index (χ3n) is 2.15. The summed E-state index contributed by atoms with van der Waals surface area (Å²) < 4.78 is 2.22. The highest BCUT2D eigenvalue weighted by atomic mass is 28.3. The summed E-state index contributed by atoms with van der Waals surface area (Å²) in [6.07, 6.45) is 6.98. The average molecular weight is 238 g/mol. The number of ketones is 1. The predicted molar refractivity (Wildman–Crippen MR) is 70.3 cm³/mol. The third kappa shape index (κ3) is 3.28. The fraction of sp³-hybridized carbons (Fsp3) is 0.400. The minimum atomic E-state index is -0.944. The number of hydrazone groups is 1. The van der Waals surface area contributed by atoms with Crippen molar-refractivity contribution in [3.05, 3.63) is 24.3 Å². The number of allylic oxidation sites excluding steroid dienone is 4. The summed E-state index contributed by atoms with van der Waals surface area (Å²) in [5.41, 5.74) is 0.583. The molecular weight excluding hydrogens is 220 g/mol. The number of nitrogens with zero attached hydrogens (tertiary/aromatic N) is 2. The van der Waals surface area contributed by atoms with Gasteiger partial charge >= 0.3 is 0 Å². The Morgan fingerprint density at radius 1 is 1.07 bits per heavy atom. The molecule has 0 spiro atoms. The van der Waals surface area contributed by atoms with Crippen LogP contribution < -0.4 is 0 Å². The lowest BCUT2D eigenvalue weighted by Gasteiger charge is -2.27. The largest absolute Gasteiger partial charge is 0.354 e. The van der Waals surface area contributed by atoms with Crippen LogP contribution in [0.4, 0.5) is 0 Å². The molecule has 0 unspecified atom stereocenters. The fourth-order valence-corrected chi connectivity index (χ4v) is 6.97. The van der Waals surface area contributed by atoms with Gasteiger partial charge in [-0.25, -0.2) is 0 Å². The molecule has 0 aromatic carbocycles. The highest BCUT2D eigenvalue weighted by Crippen LogP contribution is 2.04. The van der Waals surface area contributed by atoms with Crippen LogP contribution in [0, 0.1) is 0 Å². The van der Waals surface area contributed by atoms with E-state index in [2.05, 4.69) is 35.6 Å². The van der Waals surface area contributed by atoms with E-state index < -0.39 is 17.9 Å². The average Bonchev–Trinajstić information content (AvgIpc) is 2.15. The van der Waals surface area contributed by atoms with E-state index >= 15 is 0 Å². The van der Waals surface area contributed by atoms with E-state index in [4.69, 9.17) is 0 Å². The van der Waals surface area contributed by atoms with Gasteiger partial charge in [-0.2, -0.15) is 5.10 Å². The Kier molecular flexibility index (Phi) is 4.22. The molecular formula is C10H18N2OSi2. The van der Waals surface area contributed by atoms with Crippen LogP contribution in [-0.4, -0.2) is 33.8 Å². The molecule has 0 fully saturated rings. The van der Waals surface area contributed by atoms with E-state index in [0.717, 1.165) is 0 Å². The number of hydrogen-bond donors (Lipinski definition) is 0. The molecule has 0 aliphatic heterocycles. The van der Waals surface area contributed by atoms with Crippen molar-refractivity contribution in [2.24, 2.45) is 5.10 Å². The van der Waals surface area contributed by atoms with E-state index in [0.29, 0.717) is 5.71 Å². The van der Waals surface area contributed by atoms with E-state index in [1.807, 2.05) is 6.08 Å². The van der Waals surface area contributed by atoms with Crippen LogP contribution >= 0.6 is 0 Å². The van der Waals surface area contributed by atoms with Crippen molar-refractivity contribution in [2.45, 2.75) is 26.2 Å². The second-order valence-electron chi connectivity index (χ2n) is 4.14. The maximum atomic E-state index is 11.5. The van der Waals surface area contributed by atoms with Gasteiger partial charge in [0.05, 0.1) is 0 Å². The topological polar surface area (TPSA) is 32.7 Å². The van der Waals surface area contributed by atoms with Crippen molar-refractivity contribution in [2.75, 3.05) is 0 Å². The molecule has 0 saturated heterocycles. The zero-order valence-corrected chi connectivity index (χ0v) is 12.1. The van der Waals surface area contributed by atoms with Crippen LogP contribution in [0.5, 0.6) is 0 Å². The fourth-order valence-electron chi connectivity index (χ4n) is 1.49. The Bertz CT molecular complexity index is 324. The first-order valence-corrected chi connectivity index (χ1v) is 10.9. The second-order valence-corrected chi connectivity index (χ2v) is 10.2. The highest BCUT2D eigenvalue weighted by molar-refractivity contribution is 6.70. The SMILES string of the molecule is C[SiH](C)N(N=C1C=CC=CC1=O)[SiH](C)C. The summed E-state index contributed by atoms with van der Waals surface area (Å²) in [4.78, 5) is 11.5. The Morgan fingerprint density at radius 2 is 1.60 bits per heavy atom. The van der Waals surface area contributed by atoms with Crippen LogP contribution in [0.25, 0.3) is 0 Å². The number of rotatable bonds is 3. The van der Waals surface area contributed by atoms with Gasteiger partial charge < -0.3 is 4.34 Å². The maximum Gasteiger partial charge on any atom is 0.205 e. The van der Waals surface area contributed by atoms with Gasteiger partial charge in [-0.05, 0) is 12.2 Å². The zero-order chi connectivity index (χ0) is 11.4. The standard InChI is InChI=1S/C10H18N2OSi2/c1-14(2)12(15(3)4)11-9-7-5-6-8-10(9)13/h5-8,14-15H,1-4H3. The van der Waals surface area contributed by atoms with Crippen LogP contribution in [0.2, 0.25) is 26.2 Å². The minimum Gasteiger partial charge on any atom is -0.354 e. The molecule has 0 aromatic heterocycles.